The molecule has 1 fully saturated rings. The first-order chi connectivity index (χ1) is 10.8. The van der Waals surface area contributed by atoms with E-state index >= 15 is 0 Å². The molecule has 1 aromatic heterocycles. The highest BCUT2D eigenvalue weighted by Crippen LogP contribution is 2.54. The van der Waals surface area contributed by atoms with Crippen molar-refractivity contribution in [3.05, 3.63) is 46.6 Å². The third-order valence-electron chi connectivity index (χ3n) is 4.96. The first-order valence-electron chi connectivity index (χ1n) is 7.85. The summed E-state index contributed by atoms with van der Waals surface area (Å²) in [6.45, 7) is 0. The molecule has 1 aromatic carbocycles. The smallest absolute Gasteiger partial charge is 0.216 e. The Morgan fingerprint density at radius 2 is 1.86 bits per heavy atom. The average Bonchev–Trinajstić information content (AvgIpc) is 2.56. The monoisotopic (exact) mass is 314 g/mol. The van der Waals surface area contributed by atoms with Crippen molar-refractivity contribution in [2.75, 3.05) is 12.4 Å². The van der Waals surface area contributed by atoms with E-state index in [1.165, 1.54) is 36.8 Å². The average molecular weight is 315 g/mol. The zero-order valence-electron chi connectivity index (χ0n) is 12.6. The van der Waals surface area contributed by atoms with Gasteiger partial charge in [-0.15, -0.1) is 0 Å². The van der Waals surface area contributed by atoms with Crippen LogP contribution in [0.15, 0.2) is 30.5 Å². The largest absolute Gasteiger partial charge is 0.481 e. The predicted molar refractivity (Wildman–Crippen MR) is 89.5 cm³/mol. The Kier molecular flexibility index (Phi) is 3.45. The molecular formula is C18H19ClN2O. The minimum absolute atomic E-state index is 0.601. The summed E-state index contributed by atoms with van der Waals surface area (Å²) in [5.41, 5.74) is 4.85. The second-order valence-electron chi connectivity index (χ2n) is 6.19. The van der Waals surface area contributed by atoms with Crippen molar-refractivity contribution in [2.45, 2.75) is 37.5 Å². The molecule has 2 bridgehead atoms. The normalized spacial score (nSPS) is 22.3. The SMILES string of the molecule is COc1ncc(Nc2cccc(Cl)c2)c2c1C1CCC2CC1. The molecule has 0 amide bonds. The van der Waals surface area contributed by atoms with E-state index in [-0.39, 0.29) is 0 Å². The zero-order chi connectivity index (χ0) is 15.1. The predicted octanol–water partition coefficient (Wildman–Crippen LogP) is 5.24. The third kappa shape index (κ3) is 2.24. The highest BCUT2D eigenvalue weighted by atomic mass is 35.5. The molecule has 5 rings (SSSR count). The molecule has 0 spiro atoms. The van der Waals surface area contributed by atoms with Gasteiger partial charge in [0.15, 0.2) is 0 Å². The van der Waals surface area contributed by atoms with Gasteiger partial charge in [0.1, 0.15) is 0 Å². The van der Waals surface area contributed by atoms with Gasteiger partial charge in [-0.2, -0.15) is 0 Å². The van der Waals surface area contributed by atoms with Gasteiger partial charge in [-0.25, -0.2) is 4.98 Å². The summed E-state index contributed by atoms with van der Waals surface area (Å²) in [5.74, 6) is 2.03. The molecule has 3 nitrogen and oxygen atoms in total. The Labute approximate surface area is 135 Å². The summed E-state index contributed by atoms with van der Waals surface area (Å²) < 4.78 is 5.53. The number of halogens is 1. The fraction of sp³-hybridized carbons (Fsp3) is 0.389. The summed E-state index contributed by atoms with van der Waals surface area (Å²) >= 11 is 6.09. The van der Waals surface area contributed by atoms with E-state index in [2.05, 4.69) is 10.3 Å². The fourth-order valence-corrected chi connectivity index (χ4v) is 4.20. The first kappa shape index (κ1) is 13.9. The second kappa shape index (κ2) is 5.47. The molecule has 0 radical (unpaired) electrons. The number of fused-ring (bicyclic) bond motifs is 2. The number of pyridine rings is 1. The summed E-state index contributed by atoms with van der Waals surface area (Å²) in [5, 5.41) is 4.24. The Balaban J connectivity index is 1.79. The van der Waals surface area contributed by atoms with Gasteiger partial charge in [-0.3, -0.25) is 0 Å². The first-order valence-corrected chi connectivity index (χ1v) is 8.23. The fourth-order valence-electron chi connectivity index (χ4n) is 4.01. The Bertz CT molecular complexity index is 708. The van der Waals surface area contributed by atoms with E-state index in [4.69, 9.17) is 16.3 Å². The van der Waals surface area contributed by atoms with Crippen molar-refractivity contribution in [1.29, 1.82) is 0 Å². The van der Waals surface area contributed by atoms with Crippen LogP contribution in [-0.2, 0) is 0 Å². The number of nitrogens with zero attached hydrogens (tertiary/aromatic N) is 1. The summed E-state index contributed by atoms with van der Waals surface area (Å²) in [6, 6.07) is 7.82. The number of benzene rings is 1. The molecule has 0 atom stereocenters. The van der Waals surface area contributed by atoms with E-state index < -0.39 is 0 Å². The van der Waals surface area contributed by atoms with Crippen molar-refractivity contribution >= 4 is 23.0 Å². The molecule has 114 valence electrons. The summed E-state index contributed by atoms with van der Waals surface area (Å²) in [6.07, 6.45) is 6.97. The van der Waals surface area contributed by atoms with Crippen LogP contribution in [-0.4, -0.2) is 12.1 Å². The molecular weight excluding hydrogens is 296 g/mol. The molecule has 3 aliphatic carbocycles. The Hall–Kier alpha value is -1.74. The lowest BCUT2D eigenvalue weighted by Gasteiger charge is -2.39. The minimum atomic E-state index is 0.601. The van der Waals surface area contributed by atoms with Gasteiger partial charge >= 0.3 is 0 Å². The van der Waals surface area contributed by atoms with Gasteiger partial charge in [0.05, 0.1) is 19.0 Å². The Morgan fingerprint density at radius 3 is 2.55 bits per heavy atom. The van der Waals surface area contributed by atoms with E-state index in [0.29, 0.717) is 11.8 Å². The lowest BCUT2D eigenvalue weighted by atomic mass is 9.67. The molecule has 4 heteroatoms. The maximum atomic E-state index is 6.09. The number of aromatic nitrogens is 1. The number of anilines is 2. The van der Waals surface area contributed by atoms with E-state index in [9.17, 15) is 0 Å². The van der Waals surface area contributed by atoms with Crippen molar-refractivity contribution in [1.82, 2.24) is 4.98 Å². The van der Waals surface area contributed by atoms with Crippen LogP contribution in [0, 0.1) is 0 Å². The van der Waals surface area contributed by atoms with E-state index in [0.717, 1.165) is 22.3 Å². The van der Waals surface area contributed by atoms with Crippen LogP contribution in [0.2, 0.25) is 5.02 Å². The number of ether oxygens (including phenoxy) is 1. The van der Waals surface area contributed by atoms with Crippen molar-refractivity contribution < 1.29 is 4.74 Å². The van der Waals surface area contributed by atoms with Gasteiger partial charge in [-0.1, -0.05) is 17.7 Å². The maximum Gasteiger partial charge on any atom is 0.216 e. The molecule has 1 N–H and O–H groups in total. The van der Waals surface area contributed by atoms with Crippen LogP contribution in [0.25, 0.3) is 0 Å². The molecule has 0 aliphatic heterocycles. The molecule has 0 saturated heterocycles. The second-order valence-corrected chi connectivity index (χ2v) is 6.63. The van der Waals surface area contributed by atoms with Gasteiger partial charge in [0, 0.05) is 16.3 Å². The van der Waals surface area contributed by atoms with Gasteiger partial charge < -0.3 is 10.1 Å². The number of rotatable bonds is 3. The van der Waals surface area contributed by atoms with Gasteiger partial charge in [0.25, 0.3) is 0 Å². The summed E-state index contributed by atoms with van der Waals surface area (Å²) in [4.78, 5) is 4.53. The standard InChI is InChI=1S/C18H19ClN2O/c1-22-18-17-12-7-5-11(6-8-12)16(17)15(10-20-18)21-14-4-2-3-13(19)9-14/h2-4,9-12,21H,5-8H2,1H3. The molecule has 22 heavy (non-hydrogen) atoms. The van der Waals surface area contributed by atoms with Crippen LogP contribution in [0.3, 0.4) is 0 Å². The lowest BCUT2D eigenvalue weighted by molar-refractivity contribution is 0.329. The van der Waals surface area contributed by atoms with Crippen LogP contribution in [0.4, 0.5) is 11.4 Å². The van der Waals surface area contributed by atoms with Gasteiger partial charge in [0.2, 0.25) is 5.88 Å². The van der Waals surface area contributed by atoms with Crippen LogP contribution < -0.4 is 10.1 Å². The maximum absolute atomic E-state index is 6.09. The third-order valence-corrected chi connectivity index (χ3v) is 5.20. The van der Waals surface area contributed by atoms with Crippen LogP contribution >= 0.6 is 11.6 Å². The van der Waals surface area contributed by atoms with Crippen molar-refractivity contribution in [3.8, 4) is 5.88 Å². The molecule has 1 saturated carbocycles. The highest BCUT2D eigenvalue weighted by molar-refractivity contribution is 6.30. The number of hydrogen-bond acceptors (Lipinski definition) is 3. The van der Waals surface area contributed by atoms with E-state index in [1.807, 2.05) is 30.5 Å². The highest BCUT2D eigenvalue weighted by Gasteiger charge is 2.37. The molecule has 1 heterocycles. The topological polar surface area (TPSA) is 34.1 Å². The van der Waals surface area contributed by atoms with E-state index in [1.54, 1.807) is 7.11 Å². The zero-order valence-corrected chi connectivity index (χ0v) is 13.4. The molecule has 3 aliphatic rings. The van der Waals surface area contributed by atoms with Gasteiger partial charge in [-0.05, 0) is 61.3 Å². The van der Waals surface area contributed by atoms with Crippen LogP contribution in [0.1, 0.15) is 48.6 Å². The van der Waals surface area contributed by atoms with Crippen LogP contribution in [0.5, 0.6) is 5.88 Å². The number of nitrogens with one attached hydrogen (secondary N) is 1. The quantitative estimate of drug-likeness (QED) is 0.841. The van der Waals surface area contributed by atoms with Crippen molar-refractivity contribution in [2.24, 2.45) is 0 Å². The number of hydrogen-bond donors (Lipinski definition) is 1. The molecule has 2 aromatic rings. The Morgan fingerprint density at radius 1 is 1.14 bits per heavy atom. The van der Waals surface area contributed by atoms with Crippen molar-refractivity contribution in [3.63, 3.8) is 0 Å². The minimum Gasteiger partial charge on any atom is -0.481 e. The summed E-state index contributed by atoms with van der Waals surface area (Å²) in [7, 11) is 1.72. The number of methoxy groups -OCH3 is 1. The lowest BCUT2D eigenvalue weighted by Crippen LogP contribution is -2.24. The molecule has 0 unspecified atom stereocenters.